The van der Waals surface area contributed by atoms with Crippen LogP contribution in [0.1, 0.15) is 31.8 Å². The number of nitrogens with zero attached hydrogens (tertiary/aromatic N) is 3. The van der Waals surface area contributed by atoms with Crippen molar-refractivity contribution in [1.29, 1.82) is 0 Å². The third-order valence-electron chi connectivity index (χ3n) is 6.22. The lowest BCUT2D eigenvalue weighted by atomic mass is 10.1. The Morgan fingerprint density at radius 3 is 2.29 bits per heavy atom. The Labute approximate surface area is 184 Å². The van der Waals surface area contributed by atoms with Gasteiger partial charge < -0.3 is 14.5 Å². The van der Waals surface area contributed by atoms with Gasteiger partial charge >= 0.3 is 0 Å². The summed E-state index contributed by atoms with van der Waals surface area (Å²) < 4.78 is 5.97. The van der Waals surface area contributed by atoms with Crippen molar-refractivity contribution >= 4 is 11.8 Å². The van der Waals surface area contributed by atoms with Gasteiger partial charge in [0, 0.05) is 56.9 Å². The zero-order valence-electron chi connectivity index (χ0n) is 18.4. The summed E-state index contributed by atoms with van der Waals surface area (Å²) in [7, 11) is 0. The van der Waals surface area contributed by atoms with Crippen molar-refractivity contribution < 1.29 is 14.3 Å². The zero-order chi connectivity index (χ0) is 21.8. The van der Waals surface area contributed by atoms with E-state index in [9.17, 15) is 9.59 Å². The lowest BCUT2D eigenvalue weighted by molar-refractivity contribution is -0.0400. The molecule has 6 heteroatoms. The molecule has 0 spiro atoms. The molecule has 2 aliphatic rings. The molecular formula is C25H31N3O3. The van der Waals surface area contributed by atoms with E-state index in [-0.39, 0.29) is 17.9 Å². The number of hydrogen-bond donors (Lipinski definition) is 0. The highest BCUT2D eigenvalue weighted by atomic mass is 16.5. The van der Waals surface area contributed by atoms with Crippen molar-refractivity contribution in [2.45, 2.75) is 20.0 Å². The van der Waals surface area contributed by atoms with Crippen molar-refractivity contribution in [3.8, 4) is 0 Å². The van der Waals surface area contributed by atoms with Crippen LogP contribution in [0.15, 0.2) is 48.5 Å². The number of benzene rings is 2. The molecule has 6 nitrogen and oxygen atoms in total. The number of piperazine rings is 1. The standard InChI is InChI=1S/C25H31N3O3/c1-19-7-9-21(10-8-19)24(29)27-13-11-26(12-14-27)17-22-18-28(15-16-31-22)25(30)23-6-4-3-5-20(23)2/h3-10,22H,11-18H2,1-2H3. The van der Waals surface area contributed by atoms with Crippen LogP contribution in [-0.4, -0.2) is 85.0 Å². The van der Waals surface area contributed by atoms with Gasteiger partial charge in [-0.05, 0) is 37.6 Å². The SMILES string of the molecule is Cc1ccc(C(=O)N2CCN(CC3CN(C(=O)c4ccccc4C)CCO3)CC2)cc1. The zero-order valence-corrected chi connectivity index (χ0v) is 18.4. The molecule has 31 heavy (non-hydrogen) atoms. The first-order chi connectivity index (χ1) is 15.0. The molecule has 164 valence electrons. The highest BCUT2D eigenvalue weighted by Gasteiger charge is 2.29. The molecule has 1 unspecified atom stereocenters. The second-order valence-corrected chi connectivity index (χ2v) is 8.52. The van der Waals surface area contributed by atoms with Crippen molar-refractivity contribution in [3.05, 3.63) is 70.8 Å². The summed E-state index contributed by atoms with van der Waals surface area (Å²) in [5.74, 6) is 0.184. The smallest absolute Gasteiger partial charge is 0.254 e. The highest BCUT2D eigenvalue weighted by Crippen LogP contribution is 2.16. The van der Waals surface area contributed by atoms with Gasteiger partial charge in [-0.15, -0.1) is 0 Å². The number of carbonyl (C=O) groups excluding carboxylic acids is 2. The Morgan fingerprint density at radius 1 is 0.871 bits per heavy atom. The van der Waals surface area contributed by atoms with Crippen LogP contribution < -0.4 is 0 Å². The van der Waals surface area contributed by atoms with E-state index < -0.39 is 0 Å². The van der Waals surface area contributed by atoms with Crippen LogP contribution in [0.25, 0.3) is 0 Å². The quantitative estimate of drug-likeness (QED) is 0.762. The van der Waals surface area contributed by atoms with E-state index in [0.717, 1.165) is 41.9 Å². The monoisotopic (exact) mass is 421 g/mol. The summed E-state index contributed by atoms with van der Waals surface area (Å²) in [5, 5.41) is 0. The minimum Gasteiger partial charge on any atom is -0.373 e. The van der Waals surface area contributed by atoms with Gasteiger partial charge in [0.05, 0.1) is 12.7 Å². The largest absolute Gasteiger partial charge is 0.373 e. The molecule has 1 atom stereocenters. The lowest BCUT2D eigenvalue weighted by Gasteiger charge is -2.39. The average Bonchev–Trinajstić information content (AvgIpc) is 2.80. The first-order valence-corrected chi connectivity index (χ1v) is 11.1. The Morgan fingerprint density at radius 2 is 1.58 bits per heavy atom. The van der Waals surface area contributed by atoms with Crippen LogP contribution in [0.2, 0.25) is 0 Å². The van der Waals surface area contributed by atoms with E-state index in [0.29, 0.717) is 32.8 Å². The Kier molecular flexibility index (Phi) is 6.68. The van der Waals surface area contributed by atoms with Gasteiger partial charge in [0.25, 0.3) is 11.8 Å². The van der Waals surface area contributed by atoms with Crippen LogP contribution in [0.3, 0.4) is 0 Å². The maximum absolute atomic E-state index is 12.9. The van der Waals surface area contributed by atoms with Gasteiger partial charge in [-0.25, -0.2) is 0 Å². The van der Waals surface area contributed by atoms with E-state index in [1.54, 1.807) is 0 Å². The van der Waals surface area contributed by atoms with Gasteiger partial charge in [-0.1, -0.05) is 35.9 Å². The van der Waals surface area contributed by atoms with Gasteiger partial charge in [-0.2, -0.15) is 0 Å². The summed E-state index contributed by atoms with van der Waals surface area (Å²) in [6.07, 6.45) is 0.000989. The summed E-state index contributed by atoms with van der Waals surface area (Å²) in [5.41, 5.74) is 3.68. The number of amides is 2. The molecule has 2 amide bonds. The Bertz CT molecular complexity index is 920. The third kappa shape index (κ3) is 5.14. The van der Waals surface area contributed by atoms with Gasteiger partial charge in [0.15, 0.2) is 0 Å². The molecule has 2 saturated heterocycles. The van der Waals surface area contributed by atoms with Crippen molar-refractivity contribution in [1.82, 2.24) is 14.7 Å². The molecule has 2 aromatic carbocycles. The van der Waals surface area contributed by atoms with E-state index in [1.165, 1.54) is 0 Å². The van der Waals surface area contributed by atoms with Crippen molar-refractivity contribution in [2.24, 2.45) is 0 Å². The molecular weight excluding hydrogens is 390 g/mol. The van der Waals surface area contributed by atoms with Crippen LogP contribution in [0, 0.1) is 13.8 Å². The minimum absolute atomic E-state index is 0.000989. The van der Waals surface area contributed by atoms with E-state index in [2.05, 4.69) is 4.90 Å². The molecule has 0 aliphatic carbocycles. The second-order valence-electron chi connectivity index (χ2n) is 8.52. The summed E-state index contributed by atoms with van der Waals surface area (Å²) in [4.78, 5) is 31.8. The minimum atomic E-state index is 0.000989. The fourth-order valence-corrected chi connectivity index (χ4v) is 4.30. The fourth-order valence-electron chi connectivity index (χ4n) is 4.30. The third-order valence-corrected chi connectivity index (χ3v) is 6.22. The van der Waals surface area contributed by atoms with Crippen LogP contribution in [0.5, 0.6) is 0 Å². The Hall–Kier alpha value is -2.70. The normalized spacial score (nSPS) is 20.0. The summed E-state index contributed by atoms with van der Waals surface area (Å²) >= 11 is 0. The maximum Gasteiger partial charge on any atom is 0.254 e. The molecule has 0 radical (unpaired) electrons. The van der Waals surface area contributed by atoms with Crippen molar-refractivity contribution in [2.75, 3.05) is 52.4 Å². The van der Waals surface area contributed by atoms with E-state index >= 15 is 0 Å². The number of aryl methyl sites for hydroxylation is 2. The van der Waals surface area contributed by atoms with Crippen molar-refractivity contribution in [3.63, 3.8) is 0 Å². The van der Waals surface area contributed by atoms with Crippen LogP contribution in [0.4, 0.5) is 0 Å². The molecule has 2 heterocycles. The molecule has 0 N–H and O–H groups in total. The number of rotatable bonds is 4. The number of hydrogen-bond acceptors (Lipinski definition) is 4. The second kappa shape index (κ2) is 9.62. The van der Waals surface area contributed by atoms with Crippen LogP contribution >= 0.6 is 0 Å². The van der Waals surface area contributed by atoms with Gasteiger partial charge in [0.2, 0.25) is 0 Å². The number of morpholine rings is 1. The first-order valence-electron chi connectivity index (χ1n) is 11.1. The topological polar surface area (TPSA) is 53.1 Å². The van der Waals surface area contributed by atoms with E-state index in [1.807, 2.05) is 72.2 Å². The molecule has 2 aliphatic heterocycles. The summed E-state index contributed by atoms with van der Waals surface area (Å²) in [6.45, 7) is 9.65. The maximum atomic E-state index is 12.9. The average molecular weight is 422 g/mol. The molecule has 0 saturated carbocycles. The van der Waals surface area contributed by atoms with Gasteiger partial charge in [0.1, 0.15) is 0 Å². The fraction of sp³-hybridized carbons (Fsp3) is 0.440. The van der Waals surface area contributed by atoms with E-state index in [4.69, 9.17) is 4.74 Å². The van der Waals surface area contributed by atoms with Crippen LogP contribution in [-0.2, 0) is 4.74 Å². The van der Waals surface area contributed by atoms with Gasteiger partial charge in [-0.3, -0.25) is 14.5 Å². The predicted octanol–water partition coefficient (Wildman–Crippen LogP) is 2.60. The molecule has 2 fully saturated rings. The first kappa shape index (κ1) is 21.5. The molecule has 2 aromatic rings. The molecule has 4 rings (SSSR count). The number of ether oxygens (including phenoxy) is 1. The predicted molar refractivity (Wildman–Crippen MR) is 120 cm³/mol. The lowest BCUT2D eigenvalue weighted by Crippen LogP contribution is -2.54. The highest BCUT2D eigenvalue weighted by molar-refractivity contribution is 5.95. The summed E-state index contributed by atoms with van der Waals surface area (Å²) in [6, 6.07) is 15.5. The Balaban J connectivity index is 1.28. The number of carbonyl (C=O) groups is 2. The molecule has 0 bridgehead atoms. The molecule has 0 aromatic heterocycles.